The van der Waals surface area contributed by atoms with Gasteiger partial charge in [0.25, 0.3) is 0 Å². The minimum absolute atomic E-state index is 0.0300. The van der Waals surface area contributed by atoms with Crippen molar-refractivity contribution in [3.05, 3.63) is 39.8 Å². The molecule has 1 aromatic heterocycles. The van der Waals surface area contributed by atoms with Gasteiger partial charge in [-0.15, -0.1) is 11.3 Å². The average Bonchev–Trinajstić information content (AvgIpc) is 2.91. The molecule has 1 aliphatic heterocycles. The molecular formula is C20H25N3O3S. The zero-order chi connectivity index (χ0) is 19.8. The molecule has 7 heteroatoms. The van der Waals surface area contributed by atoms with Gasteiger partial charge < -0.3 is 14.5 Å². The maximum absolute atomic E-state index is 12.9. The maximum Gasteiger partial charge on any atom is 0.247 e. The van der Waals surface area contributed by atoms with Gasteiger partial charge in [-0.05, 0) is 52.0 Å². The molecule has 1 saturated heterocycles. The summed E-state index contributed by atoms with van der Waals surface area (Å²) >= 11 is 1.54. The van der Waals surface area contributed by atoms with Crippen molar-refractivity contribution < 1.29 is 14.3 Å². The molecule has 2 amide bonds. The highest BCUT2D eigenvalue weighted by Crippen LogP contribution is 2.30. The van der Waals surface area contributed by atoms with Crippen molar-refractivity contribution in [1.29, 1.82) is 0 Å². The molecule has 144 valence electrons. The predicted octanol–water partition coefficient (Wildman–Crippen LogP) is 2.97. The summed E-state index contributed by atoms with van der Waals surface area (Å²) in [5.74, 6) is 0.632. The van der Waals surface area contributed by atoms with Gasteiger partial charge in [0.05, 0.1) is 29.8 Å². The fourth-order valence-electron chi connectivity index (χ4n) is 3.55. The van der Waals surface area contributed by atoms with Gasteiger partial charge in [0.2, 0.25) is 11.8 Å². The predicted molar refractivity (Wildman–Crippen MR) is 106 cm³/mol. The number of hydrogen-bond acceptors (Lipinski definition) is 5. The first kappa shape index (κ1) is 19.4. The van der Waals surface area contributed by atoms with Gasteiger partial charge >= 0.3 is 0 Å². The van der Waals surface area contributed by atoms with Crippen LogP contribution in [0, 0.1) is 13.8 Å². The lowest BCUT2D eigenvalue weighted by molar-refractivity contribution is -0.138. The summed E-state index contributed by atoms with van der Waals surface area (Å²) in [4.78, 5) is 34.5. The van der Waals surface area contributed by atoms with Crippen molar-refractivity contribution in [2.45, 2.75) is 39.7 Å². The Balaban J connectivity index is 1.77. The van der Waals surface area contributed by atoms with E-state index < -0.39 is 5.54 Å². The summed E-state index contributed by atoms with van der Waals surface area (Å²) in [5, 5.41) is 0.955. The van der Waals surface area contributed by atoms with Crippen LogP contribution in [0.15, 0.2) is 24.3 Å². The van der Waals surface area contributed by atoms with Crippen molar-refractivity contribution in [3.8, 4) is 5.75 Å². The van der Waals surface area contributed by atoms with Crippen LogP contribution in [0.3, 0.4) is 0 Å². The lowest BCUT2D eigenvalue weighted by atomic mass is 9.96. The van der Waals surface area contributed by atoms with E-state index in [4.69, 9.17) is 4.74 Å². The second-order valence-corrected chi connectivity index (χ2v) is 8.70. The molecule has 0 radical (unpaired) electrons. The molecule has 0 unspecified atom stereocenters. The number of thiazole rings is 1. The van der Waals surface area contributed by atoms with Gasteiger partial charge in [0.15, 0.2) is 0 Å². The highest BCUT2D eigenvalue weighted by molar-refractivity contribution is 7.11. The Morgan fingerprint density at radius 1 is 1.26 bits per heavy atom. The van der Waals surface area contributed by atoms with Crippen molar-refractivity contribution >= 4 is 28.8 Å². The van der Waals surface area contributed by atoms with Crippen molar-refractivity contribution in [1.82, 2.24) is 9.88 Å². The Labute approximate surface area is 163 Å². The topological polar surface area (TPSA) is 62.7 Å². The largest absolute Gasteiger partial charge is 0.497 e. The number of nitrogens with zero attached hydrogens (tertiary/aromatic N) is 3. The number of methoxy groups -OCH3 is 1. The number of aryl methyl sites for hydroxylation is 2. The molecule has 0 saturated carbocycles. The van der Waals surface area contributed by atoms with Crippen LogP contribution in [0.1, 0.15) is 29.4 Å². The van der Waals surface area contributed by atoms with Gasteiger partial charge in [-0.2, -0.15) is 0 Å². The lowest BCUT2D eigenvalue weighted by Gasteiger charge is -2.46. The third-order valence-corrected chi connectivity index (χ3v) is 5.83. The molecule has 2 aromatic rings. The summed E-state index contributed by atoms with van der Waals surface area (Å²) < 4.78 is 5.19. The Morgan fingerprint density at radius 2 is 1.93 bits per heavy atom. The Hall–Kier alpha value is -2.41. The van der Waals surface area contributed by atoms with E-state index in [0.717, 1.165) is 27.0 Å². The zero-order valence-electron chi connectivity index (χ0n) is 16.4. The van der Waals surface area contributed by atoms with Crippen molar-refractivity contribution in [2.24, 2.45) is 0 Å². The molecule has 0 N–H and O–H groups in total. The van der Waals surface area contributed by atoms with E-state index in [1.54, 1.807) is 28.2 Å². The third-order valence-electron chi connectivity index (χ3n) is 4.75. The highest BCUT2D eigenvalue weighted by atomic mass is 32.1. The molecule has 27 heavy (non-hydrogen) atoms. The van der Waals surface area contributed by atoms with Crippen LogP contribution >= 0.6 is 11.3 Å². The summed E-state index contributed by atoms with van der Waals surface area (Å²) in [6.45, 7) is 8.40. The number of benzene rings is 1. The Bertz CT molecular complexity index is 858. The van der Waals surface area contributed by atoms with Gasteiger partial charge in [0.1, 0.15) is 12.3 Å². The molecule has 6 nitrogen and oxygen atoms in total. The van der Waals surface area contributed by atoms with E-state index in [0.29, 0.717) is 13.0 Å². The van der Waals surface area contributed by atoms with E-state index in [2.05, 4.69) is 4.98 Å². The van der Waals surface area contributed by atoms with Gasteiger partial charge in [-0.25, -0.2) is 4.98 Å². The first-order chi connectivity index (χ1) is 12.7. The second kappa shape index (κ2) is 7.31. The SMILES string of the molecule is COc1ccc(N2C(=O)CN(C(=O)Cc3sc(C)nc3C)CC2(C)C)cc1. The normalized spacial score (nSPS) is 16.6. The van der Waals surface area contributed by atoms with Gasteiger partial charge in [-0.1, -0.05) is 0 Å². The smallest absolute Gasteiger partial charge is 0.247 e. The monoisotopic (exact) mass is 387 g/mol. The van der Waals surface area contributed by atoms with E-state index in [1.165, 1.54) is 0 Å². The van der Waals surface area contributed by atoms with E-state index in [1.807, 2.05) is 52.0 Å². The quantitative estimate of drug-likeness (QED) is 0.809. The number of carbonyl (C=O) groups is 2. The number of anilines is 1. The average molecular weight is 388 g/mol. The molecule has 2 heterocycles. The minimum Gasteiger partial charge on any atom is -0.497 e. The molecule has 0 atom stereocenters. The lowest BCUT2D eigenvalue weighted by Crippen LogP contribution is -2.63. The number of carbonyl (C=O) groups excluding carboxylic acids is 2. The third kappa shape index (κ3) is 3.98. The molecular weight excluding hydrogens is 362 g/mol. The second-order valence-electron chi connectivity index (χ2n) is 7.41. The van der Waals surface area contributed by atoms with Crippen LogP contribution in [0.5, 0.6) is 5.75 Å². The van der Waals surface area contributed by atoms with Gasteiger partial charge in [-0.3, -0.25) is 9.59 Å². The van der Waals surface area contributed by atoms with E-state index in [9.17, 15) is 9.59 Å². The summed E-state index contributed by atoms with van der Waals surface area (Å²) in [7, 11) is 1.61. The molecule has 1 fully saturated rings. The van der Waals surface area contributed by atoms with Crippen LogP contribution in [-0.4, -0.2) is 47.4 Å². The number of hydrogen-bond donors (Lipinski definition) is 0. The first-order valence-electron chi connectivity index (χ1n) is 8.89. The highest BCUT2D eigenvalue weighted by Gasteiger charge is 2.41. The number of aromatic nitrogens is 1. The summed E-state index contributed by atoms with van der Waals surface area (Å²) in [6, 6.07) is 7.43. The number of amides is 2. The molecule has 1 aliphatic rings. The van der Waals surface area contributed by atoms with E-state index in [-0.39, 0.29) is 18.4 Å². The number of ether oxygens (including phenoxy) is 1. The van der Waals surface area contributed by atoms with Crippen LogP contribution in [0.25, 0.3) is 0 Å². The molecule has 0 spiro atoms. The number of rotatable bonds is 4. The fraction of sp³-hybridized carbons (Fsp3) is 0.450. The van der Waals surface area contributed by atoms with Crippen LogP contribution < -0.4 is 9.64 Å². The fourth-order valence-corrected chi connectivity index (χ4v) is 4.48. The first-order valence-corrected chi connectivity index (χ1v) is 9.71. The van der Waals surface area contributed by atoms with Crippen LogP contribution in [-0.2, 0) is 16.0 Å². The minimum atomic E-state index is -0.502. The van der Waals surface area contributed by atoms with Crippen molar-refractivity contribution in [2.75, 3.05) is 25.1 Å². The number of piperazine rings is 1. The van der Waals surface area contributed by atoms with Crippen LogP contribution in [0.4, 0.5) is 5.69 Å². The zero-order valence-corrected chi connectivity index (χ0v) is 17.2. The molecule has 3 rings (SSSR count). The Morgan fingerprint density at radius 3 is 2.44 bits per heavy atom. The van der Waals surface area contributed by atoms with E-state index >= 15 is 0 Å². The summed E-state index contributed by atoms with van der Waals surface area (Å²) in [5.41, 5.74) is 1.21. The standard InChI is InChI=1S/C20H25N3O3S/c1-13-17(27-14(2)21-13)10-18(24)22-11-19(25)23(20(3,4)12-22)15-6-8-16(26-5)9-7-15/h6-9H,10-12H2,1-5H3. The molecule has 1 aromatic carbocycles. The summed E-state index contributed by atoms with van der Waals surface area (Å²) in [6.07, 6.45) is 0.295. The van der Waals surface area contributed by atoms with Crippen LogP contribution in [0.2, 0.25) is 0 Å². The maximum atomic E-state index is 12.9. The molecule has 0 aliphatic carbocycles. The molecule has 0 bridgehead atoms. The van der Waals surface area contributed by atoms with Crippen molar-refractivity contribution in [3.63, 3.8) is 0 Å². The van der Waals surface area contributed by atoms with Gasteiger partial charge in [0, 0.05) is 17.1 Å². The Kier molecular flexibility index (Phi) is 5.24.